The van der Waals surface area contributed by atoms with Gasteiger partial charge in [-0.3, -0.25) is 0 Å². The number of hydrogen-bond acceptors (Lipinski definition) is 10. The molecule has 0 atom stereocenters. The van der Waals surface area contributed by atoms with Crippen LogP contribution in [0.2, 0.25) is 80.4 Å². The monoisotopic (exact) mass is 1790 g/mol. The van der Waals surface area contributed by atoms with Crippen LogP contribution in [0.5, 0.6) is 0 Å². The van der Waals surface area contributed by atoms with Crippen LogP contribution in [-0.4, -0.2) is 72.3 Å². The molecule has 28 heteroatoms. The SMILES string of the molecule is COC(=O)c1ccc(-c2c3nc(c(-c4ccc(C(=O)OC)cc4)c4[nH]c(c(-c5ccc(C(=O)OC)cc5)c5nc(c(-c6ccc(C(=O)OC)cc6)c6[nH]c2c2cc7c(Cl)c(Cl)c(Cl)c(Cl)c7cc62)-c2cc6c(Cl)c(Cl)c(Cl)c(Cl)c6cc2-5)c2cc5c(Cl)c(Cl)c(Cl)c(Cl)c5cc42)-c2cc4c(Cl)c(Cl)c(Cl)c(Cl)c4cc2-3)cc1. The first-order chi connectivity index (χ1) is 53.7. The molecule has 2 N–H and O–H groups in total. The molecule has 112 heavy (non-hydrogen) atoms. The number of hydrogen-bond donors (Lipinski definition) is 2. The Morgan fingerprint density at radius 2 is 0.393 bits per heavy atom. The number of ether oxygens (including phenoxy) is 4. The van der Waals surface area contributed by atoms with Gasteiger partial charge in [0.1, 0.15) is 0 Å². The van der Waals surface area contributed by atoms with Gasteiger partial charge in [0.2, 0.25) is 0 Å². The summed E-state index contributed by atoms with van der Waals surface area (Å²) in [5, 5.41) is 4.74. The molecule has 0 fully saturated rings. The average Bonchev–Trinajstić information content (AvgIpc) is 1.48. The molecule has 0 radical (unpaired) electrons. The number of benzene rings is 12. The molecule has 17 rings (SSSR count). The Kier molecular flexibility index (Phi) is 19.8. The van der Waals surface area contributed by atoms with Gasteiger partial charge in [-0.05, 0) is 119 Å². The predicted octanol–water partition coefficient (Wildman–Crippen LogP) is 30.2. The molecule has 0 saturated heterocycles. The van der Waals surface area contributed by atoms with Gasteiger partial charge in [0.15, 0.2) is 0 Å². The van der Waals surface area contributed by atoms with E-state index >= 15 is 0 Å². The second-order valence-corrected chi connectivity index (χ2v) is 32.0. The highest BCUT2D eigenvalue weighted by atomic mass is 35.5. The molecule has 1 aliphatic carbocycles. The highest BCUT2D eigenvalue weighted by Gasteiger charge is 2.35. The maximum Gasteiger partial charge on any atom is 0.337 e. The number of halogens is 16. The molecule has 554 valence electrons. The van der Waals surface area contributed by atoms with Crippen molar-refractivity contribution in [2.75, 3.05) is 28.4 Å². The van der Waals surface area contributed by atoms with Crippen LogP contribution in [0.1, 0.15) is 41.4 Å². The summed E-state index contributed by atoms with van der Waals surface area (Å²) in [5.41, 5.74) is 8.12. The smallest absolute Gasteiger partial charge is 0.337 e. The number of fused-ring (bicyclic) bond motifs is 4. The van der Waals surface area contributed by atoms with Gasteiger partial charge in [0, 0.05) is 109 Å². The zero-order chi connectivity index (χ0) is 79.0. The molecule has 0 unspecified atom stereocenters. The maximum atomic E-state index is 13.6. The Morgan fingerprint density at radius 1 is 0.232 bits per heavy atom. The van der Waals surface area contributed by atoms with Gasteiger partial charge in [-0.25, -0.2) is 29.1 Å². The molecule has 2 aromatic heterocycles. The Labute approximate surface area is 713 Å². The Morgan fingerprint density at radius 3 is 0.554 bits per heavy atom. The minimum absolute atomic E-state index is 0.0368. The van der Waals surface area contributed by atoms with E-state index in [4.69, 9.17) is 215 Å². The lowest BCUT2D eigenvalue weighted by Crippen LogP contribution is -2.00. The van der Waals surface area contributed by atoms with Crippen LogP contribution in [0.4, 0.5) is 0 Å². The van der Waals surface area contributed by atoms with Crippen molar-refractivity contribution in [3.63, 3.8) is 0 Å². The summed E-state index contributed by atoms with van der Waals surface area (Å²) in [4.78, 5) is 74.4. The lowest BCUT2D eigenvalue weighted by Gasteiger charge is -2.14. The number of esters is 4. The molecule has 8 bridgehead atoms. The molecular formula is C84H38Cl16N4O8. The highest BCUT2D eigenvalue weighted by molar-refractivity contribution is 6.59. The van der Waals surface area contributed by atoms with Crippen molar-refractivity contribution in [2.24, 2.45) is 0 Å². The number of aromatic nitrogens is 4. The van der Waals surface area contributed by atoms with E-state index in [2.05, 4.69) is 9.97 Å². The van der Waals surface area contributed by atoms with E-state index in [9.17, 15) is 19.2 Å². The van der Waals surface area contributed by atoms with Gasteiger partial charge in [0.25, 0.3) is 0 Å². The third kappa shape index (κ3) is 11.8. The van der Waals surface area contributed by atoms with Crippen molar-refractivity contribution in [3.05, 3.63) is 248 Å². The minimum Gasteiger partial charge on any atom is -0.465 e. The molecule has 2 aliphatic heterocycles. The molecule has 0 spiro atoms. The maximum absolute atomic E-state index is 13.6. The Bertz CT molecular complexity index is 6240. The third-order valence-corrected chi connectivity index (χ3v) is 27.5. The first-order valence-electron chi connectivity index (χ1n) is 33.1. The zero-order valence-corrected chi connectivity index (χ0v) is 69.2. The summed E-state index contributed by atoms with van der Waals surface area (Å²) in [6.45, 7) is 0. The van der Waals surface area contributed by atoms with Crippen LogP contribution in [0.3, 0.4) is 0 Å². The van der Waals surface area contributed by atoms with Gasteiger partial charge in [-0.2, -0.15) is 0 Å². The van der Waals surface area contributed by atoms with Crippen LogP contribution < -0.4 is 0 Å². The third-order valence-electron chi connectivity index (χ3n) is 20.2. The quantitative estimate of drug-likeness (QED) is 0.0648. The molecule has 14 aromatic rings. The van der Waals surface area contributed by atoms with Crippen LogP contribution >= 0.6 is 186 Å². The number of carbonyl (C=O) groups excluding carboxylic acids is 4. The van der Waals surface area contributed by atoms with Crippen LogP contribution in [0.15, 0.2) is 146 Å². The van der Waals surface area contributed by atoms with Gasteiger partial charge in [0.05, 0.1) is 176 Å². The fourth-order valence-corrected chi connectivity index (χ4v) is 18.8. The molecule has 3 aliphatic rings. The van der Waals surface area contributed by atoms with E-state index in [-0.39, 0.29) is 125 Å². The number of methoxy groups -OCH3 is 4. The van der Waals surface area contributed by atoms with Crippen LogP contribution in [0, 0.1) is 0 Å². The van der Waals surface area contributed by atoms with Gasteiger partial charge in [-0.1, -0.05) is 234 Å². The number of nitrogens with one attached hydrogen (secondary N) is 2. The normalized spacial score (nSPS) is 11.9. The van der Waals surface area contributed by atoms with E-state index in [0.29, 0.717) is 153 Å². The second kappa shape index (κ2) is 29.0. The largest absolute Gasteiger partial charge is 0.465 e. The van der Waals surface area contributed by atoms with Crippen molar-refractivity contribution in [3.8, 4) is 89.5 Å². The van der Waals surface area contributed by atoms with Crippen molar-refractivity contribution in [1.29, 1.82) is 0 Å². The summed E-state index contributed by atoms with van der Waals surface area (Å²) in [6, 6.07) is 41.4. The molecule has 4 heterocycles. The topological polar surface area (TPSA) is 163 Å². The minimum atomic E-state index is -0.633. The first-order valence-corrected chi connectivity index (χ1v) is 39.1. The van der Waals surface area contributed by atoms with E-state index in [1.165, 1.54) is 28.4 Å². The zero-order valence-electron chi connectivity index (χ0n) is 57.1. The van der Waals surface area contributed by atoms with E-state index in [1.807, 2.05) is 48.5 Å². The predicted molar refractivity (Wildman–Crippen MR) is 462 cm³/mol. The van der Waals surface area contributed by atoms with Crippen molar-refractivity contribution in [2.45, 2.75) is 0 Å². The van der Waals surface area contributed by atoms with Gasteiger partial charge < -0.3 is 28.9 Å². The summed E-state index contributed by atoms with van der Waals surface area (Å²) in [5.74, 6) is -2.53. The second-order valence-electron chi connectivity index (χ2n) is 25.9. The Hall–Kier alpha value is -8.16. The average molecular weight is 1800 g/mol. The van der Waals surface area contributed by atoms with Crippen LogP contribution in [0.25, 0.3) is 176 Å². The van der Waals surface area contributed by atoms with E-state index in [0.717, 1.165) is 0 Å². The van der Waals surface area contributed by atoms with Gasteiger partial charge >= 0.3 is 23.9 Å². The van der Waals surface area contributed by atoms with Crippen molar-refractivity contribution in [1.82, 2.24) is 19.9 Å². The number of aromatic amines is 2. The molecule has 12 aromatic carbocycles. The lowest BCUT2D eigenvalue weighted by atomic mass is 9.90. The molecule has 0 saturated carbocycles. The summed E-state index contributed by atoms with van der Waals surface area (Å²) in [6.07, 6.45) is 0. The van der Waals surface area contributed by atoms with Crippen LogP contribution in [-0.2, 0) is 18.9 Å². The summed E-state index contributed by atoms with van der Waals surface area (Å²) >= 11 is 116. The first kappa shape index (κ1) is 76.5. The molecular weight excluding hydrogens is 1760 g/mol. The number of nitrogens with zero attached hydrogens (tertiary/aromatic N) is 2. The van der Waals surface area contributed by atoms with E-state index < -0.39 is 23.9 Å². The number of carbonyl (C=O) groups is 4. The molecule has 12 nitrogen and oxygen atoms in total. The highest BCUT2D eigenvalue weighted by Crippen LogP contribution is 2.58. The fourth-order valence-electron chi connectivity index (χ4n) is 14.9. The summed E-state index contributed by atoms with van der Waals surface area (Å²) in [7, 11) is 5.10. The molecule has 0 amide bonds. The van der Waals surface area contributed by atoms with Gasteiger partial charge in [-0.15, -0.1) is 0 Å². The number of rotatable bonds is 8. The number of H-pyrrole nitrogens is 2. The van der Waals surface area contributed by atoms with E-state index in [1.54, 1.807) is 97.1 Å². The fraction of sp³-hybridized carbons (Fsp3) is 0.0476. The Balaban J connectivity index is 1.26. The van der Waals surface area contributed by atoms with Crippen molar-refractivity contribution >= 4 is 296 Å². The lowest BCUT2D eigenvalue weighted by molar-refractivity contribution is 0.0592. The standard InChI is InChI=1S/C84H38Cl16N4O8/c1-109-81(105)33-13-5-29(6-14-33)53-73-45-21-37-39(59(87)67(95)65(93)57(37)85)23-47(45)75(101-73)54(30-7-15-34(16-8-30)82(106)110-2)77-49-25-41-43(63(91)71(99)69(97)61(41)89)27-51(49)79(103-77)56(32-11-19-36(20-12-32)84(108)112-4)80-52-28-44-42(62(90)70(98)72(100)64(44)92)26-50(52)78(104-80)55(31-9-17-35(18-10-31)83(107)111-3)76-48-24-40-38(22-46(48)74(53)102-76)58(86)66(94)68(96)60(40)88/h5-28,101,104H,1-4H3. The summed E-state index contributed by atoms with van der Waals surface area (Å²) < 4.78 is 21.1. The van der Waals surface area contributed by atoms with Crippen molar-refractivity contribution < 1.29 is 38.1 Å².